The van der Waals surface area contributed by atoms with Crippen LogP contribution in [0.25, 0.3) is 0 Å². The number of amides is 1. The molecule has 0 radical (unpaired) electrons. The third-order valence-corrected chi connectivity index (χ3v) is 6.21. The number of phenols is 2. The van der Waals surface area contributed by atoms with Gasteiger partial charge in [0.15, 0.2) is 23.0 Å². The molecule has 0 aliphatic heterocycles. The molecule has 39 heavy (non-hydrogen) atoms. The molecule has 216 valence electrons. The van der Waals surface area contributed by atoms with E-state index in [1.54, 1.807) is 0 Å². The number of benzene rings is 2. The van der Waals surface area contributed by atoms with Crippen LogP contribution in [0, 0.1) is 0 Å². The highest BCUT2D eigenvalue weighted by molar-refractivity contribution is 7.47. The minimum absolute atomic E-state index is 0.181. The van der Waals surface area contributed by atoms with Crippen molar-refractivity contribution in [1.82, 2.24) is 16.3 Å². The lowest BCUT2D eigenvalue weighted by molar-refractivity contribution is -0.145. The molecule has 0 fully saturated rings. The van der Waals surface area contributed by atoms with Gasteiger partial charge in [-0.1, -0.05) is 12.1 Å². The number of carboxylic acid groups (broad SMARTS) is 1. The number of carboxylic acids is 1. The van der Waals surface area contributed by atoms with Gasteiger partial charge in [-0.15, -0.1) is 0 Å². The Kier molecular flexibility index (Phi) is 9.74. The maximum absolute atomic E-state index is 13.0. The van der Waals surface area contributed by atoms with Crippen LogP contribution in [0.2, 0.25) is 0 Å². The first-order valence-electron chi connectivity index (χ1n) is 10.7. The summed E-state index contributed by atoms with van der Waals surface area (Å²) < 4.78 is 30.6. The molecule has 19 heteroatoms. The number of carbonyl (C=O) groups is 2. The molecular formula is C20H28N4O13P2. The zero-order chi connectivity index (χ0) is 29.8. The van der Waals surface area contributed by atoms with Gasteiger partial charge in [-0.2, -0.15) is 0 Å². The normalized spacial score (nSPS) is 15.1. The molecule has 0 aliphatic rings. The molecule has 2 atom stereocenters. The van der Waals surface area contributed by atoms with Gasteiger partial charge in [-0.25, -0.2) is 20.0 Å². The molecule has 2 aromatic carbocycles. The number of phenolic OH excluding ortho intramolecular Hbond substituents is 2. The number of carbonyl (C=O) groups excluding carboxylic acids is 1. The molecule has 2 rings (SSSR count). The summed E-state index contributed by atoms with van der Waals surface area (Å²) in [5, 5.41) is 29.8. The van der Waals surface area contributed by atoms with E-state index in [0.717, 1.165) is 24.3 Å². The van der Waals surface area contributed by atoms with Crippen molar-refractivity contribution in [1.29, 1.82) is 0 Å². The van der Waals surface area contributed by atoms with E-state index in [1.807, 2.05) is 0 Å². The first-order valence-corrected chi connectivity index (χ1v) is 13.8. The molecule has 17 nitrogen and oxygen atoms in total. The van der Waals surface area contributed by atoms with Gasteiger partial charge in [0.2, 0.25) is 0 Å². The molecular weight excluding hydrogens is 566 g/mol. The van der Waals surface area contributed by atoms with Crippen molar-refractivity contribution in [3.63, 3.8) is 0 Å². The van der Waals surface area contributed by atoms with Gasteiger partial charge in [-0.3, -0.25) is 40.4 Å². The van der Waals surface area contributed by atoms with Crippen molar-refractivity contribution in [3.8, 4) is 23.0 Å². The summed E-state index contributed by atoms with van der Waals surface area (Å²) in [7, 11) is -9.88. The van der Waals surface area contributed by atoms with E-state index in [2.05, 4.69) is 25.3 Å². The second-order valence-corrected chi connectivity index (χ2v) is 11.1. The molecule has 12 N–H and O–H groups in total. The monoisotopic (exact) mass is 594 g/mol. The molecule has 0 aliphatic carbocycles. The minimum Gasteiger partial charge on any atom is -0.504 e. The van der Waals surface area contributed by atoms with Crippen molar-refractivity contribution in [2.24, 2.45) is 5.84 Å². The molecule has 2 aromatic rings. The first kappa shape index (κ1) is 32.0. The fraction of sp³-hybridized carbons (Fsp3) is 0.300. The van der Waals surface area contributed by atoms with E-state index in [0.29, 0.717) is 0 Å². The number of aromatic hydroxyl groups is 2. The van der Waals surface area contributed by atoms with Gasteiger partial charge in [-0.05, 0) is 49.2 Å². The Morgan fingerprint density at radius 3 is 1.59 bits per heavy atom. The standard InChI is InChI=1S/C20H28N4O13P2/c1-19(23-21,9-11-3-5-15(13(25)7-11)36-38(30,31)32)17(27)22-24-20(2,18(28)29)10-12-4-6-16(14(26)8-12)37-39(33,34)35/h3-8,23-26H,9-10,21H2,1-2H3,(H,22,27)(H,28,29)(H2,30,31,32)(H2,33,34,35). The minimum atomic E-state index is -4.95. The van der Waals surface area contributed by atoms with E-state index in [1.165, 1.54) is 26.0 Å². The summed E-state index contributed by atoms with van der Waals surface area (Å²) in [6, 6.07) is 6.81. The van der Waals surface area contributed by atoms with Crippen molar-refractivity contribution >= 4 is 27.5 Å². The highest BCUT2D eigenvalue weighted by Crippen LogP contribution is 2.43. The van der Waals surface area contributed by atoms with Gasteiger partial charge in [0.25, 0.3) is 5.91 Å². The van der Waals surface area contributed by atoms with Gasteiger partial charge >= 0.3 is 21.6 Å². The predicted molar refractivity (Wildman–Crippen MR) is 132 cm³/mol. The summed E-state index contributed by atoms with van der Waals surface area (Å²) in [6.45, 7) is 2.58. The fourth-order valence-corrected chi connectivity index (χ4v) is 4.10. The Hall–Kier alpha value is -3.24. The fourth-order valence-electron chi connectivity index (χ4n) is 3.28. The van der Waals surface area contributed by atoms with E-state index in [9.17, 15) is 34.0 Å². The van der Waals surface area contributed by atoms with E-state index in [-0.39, 0.29) is 24.0 Å². The molecule has 0 heterocycles. The van der Waals surface area contributed by atoms with Crippen LogP contribution in [-0.2, 0) is 31.6 Å². The lowest BCUT2D eigenvalue weighted by atomic mass is 9.91. The highest BCUT2D eigenvalue weighted by Gasteiger charge is 2.38. The van der Waals surface area contributed by atoms with Crippen LogP contribution in [0.1, 0.15) is 25.0 Å². The molecule has 2 unspecified atom stereocenters. The Morgan fingerprint density at radius 1 is 0.846 bits per heavy atom. The molecule has 0 bridgehead atoms. The number of rotatable bonds is 13. The Bertz CT molecular complexity index is 1330. The van der Waals surface area contributed by atoms with Crippen LogP contribution in [-0.4, -0.2) is 57.8 Å². The number of hydrogen-bond donors (Lipinski definition) is 11. The number of aliphatic carboxylic acids is 1. The Morgan fingerprint density at radius 2 is 1.26 bits per heavy atom. The number of phosphoric ester groups is 2. The third-order valence-electron chi connectivity index (χ3n) is 5.34. The summed E-state index contributed by atoms with van der Waals surface area (Å²) in [6.07, 6.45) is -0.506. The lowest BCUT2D eigenvalue weighted by Crippen LogP contribution is -2.66. The molecule has 1 amide bonds. The van der Waals surface area contributed by atoms with E-state index in [4.69, 9.17) is 25.4 Å². The van der Waals surface area contributed by atoms with Gasteiger partial charge in [0.05, 0.1) is 0 Å². The van der Waals surface area contributed by atoms with Crippen molar-refractivity contribution in [2.75, 3.05) is 0 Å². The maximum atomic E-state index is 13.0. The Labute approximate surface area is 221 Å². The molecule has 0 aromatic heterocycles. The van der Waals surface area contributed by atoms with Crippen LogP contribution in [0.5, 0.6) is 23.0 Å². The van der Waals surface area contributed by atoms with Crippen molar-refractivity contribution in [2.45, 2.75) is 37.8 Å². The second-order valence-electron chi connectivity index (χ2n) is 8.81. The van der Waals surface area contributed by atoms with Crippen LogP contribution in [0.15, 0.2) is 36.4 Å². The van der Waals surface area contributed by atoms with Gasteiger partial charge in [0, 0.05) is 12.8 Å². The predicted octanol–water partition coefficient (Wildman–Crippen LogP) is -0.488. The topological polar surface area (TPSA) is 290 Å². The zero-order valence-corrected chi connectivity index (χ0v) is 22.2. The molecule has 0 saturated heterocycles. The summed E-state index contributed by atoms with van der Waals surface area (Å²) in [5.41, 5.74) is 3.99. The smallest absolute Gasteiger partial charge is 0.504 e. The number of phosphoric acid groups is 2. The summed E-state index contributed by atoms with van der Waals surface area (Å²) in [4.78, 5) is 60.5. The first-order chi connectivity index (χ1) is 17.8. The third kappa shape index (κ3) is 9.18. The zero-order valence-electron chi connectivity index (χ0n) is 20.4. The van der Waals surface area contributed by atoms with Crippen LogP contribution in [0.3, 0.4) is 0 Å². The van der Waals surface area contributed by atoms with Crippen molar-refractivity contribution < 1.29 is 62.7 Å². The van der Waals surface area contributed by atoms with Crippen LogP contribution < -0.4 is 31.2 Å². The number of hydrazine groups is 2. The number of hydrogen-bond acceptors (Lipinski definition) is 11. The largest absolute Gasteiger partial charge is 0.524 e. The van der Waals surface area contributed by atoms with Crippen LogP contribution in [0.4, 0.5) is 0 Å². The number of nitrogens with one attached hydrogen (secondary N) is 3. The maximum Gasteiger partial charge on any atom is 0.524 e. The van der Waals surface area contributed by atoms with E-state index < -0.39 is 61.6 Å². The SMILES string of the molecule is CC(Cc1ccc(OP(=O)(O)O)c(O)c1)(NNC(=O)C(C)(Cc1ccc(OP(=O)(O)O)c(O)c1)NN)C(=O)O. The van der Waals surface area contributed by atoms with E-state index >= 15 is 0 Å². The highest BCUT2D eigenvalue weighted by atomic mass is 31.2. The average molecular weight is 594 g/mol. The van der Waals surface area contributed by atoms with Gasteiger partial charge in [0.1, 0.15) is 11.1 Å². The molecule has 0 spiro atoms. The second kappa shape index (κ2) is 11.9. The van der Waals surface area contributed by atoms with Crippen molar-refractivity contribution in [3.05, 3.63) is 47.5 Å². The molecule has 0 saturated carbocycles. The Balaban J connectivity index is 2.16. The van der Waals surface area contributed by atoms with Crippen LogP contribution >= 0.6 is 15.6 Å². The quantitative estimate of drug-likeness (QED) is 0.0792. The summed E-state index contributed by atoms with van der Waals surface area (Å²) in [5.74, 6) is 1.02. The average Bonchev–Trinajstić information content (AvgIpc) is 2.79. The lowest BCUT2D eigenvalue weighted by Gasteiger charge is -2.32. The summed E-state index contributed by atoms with van der Waals surface area (Å²) >= 11 is 0. The number of nitrogens with two attached hydrogens (primary N) is 1. The van der Waals surface area contributed by atoms with Gasteiger partial charge < -0.3 is 24.4 Å².